The van der Waals surface area contributed by atoms with Crippen LogP contribution >= 0.6 is 0 Å². The van der Waals surface area contributed by atoms with E-state index in [0.717, 1.165) is 0 Å². The van der Waals surface area contributed by atoms with Crippen molar-refractivity contribution in [3.05, 3.63) is 150 Å². The molecule has 0 N–H and O–H groups in total. The van der Waals surface area contributed by atoms with Crippen molar-refractivity contribution in [2.45, 2.75) is 45.4 Å². The van der Waals surface area contributed by atoms with Gasteiger partial charge in [-0.3, -0.25) is 0 Å². The quantitative estimate of drug-likeness (QED) is 0.162. The van der Waals surface area contributed by atoms with Crippen molar-refractivity contribution in [3.63, 3.8) is 0 Å². The Bertz CT molecular complexity index is 2780. The Labute approximate surface area is 293 Å². The van der Waals surface area contributed by atoms with Crippen molar-refractivity contribution in [3.8, 4) is 27.9 Å². The molecular weight excluding hydrogens is 603 g/mol. The van der Waals surface area contributed by atoms with Gasteiger partial charge in [0.05, 0.1) is 11.2 Å². The lowest BCUT2D eigenvalue weighted by atomic mass is 9.43. The molecule has 7 aromatic carbocycles. The third-order valence-electron chi connectivity index (χ3n) is 12.0. The molecule has 0 spiro atoms. The predicted octanol–water partition coefficient (Wildman–Crippen LogP) is 10.8. The maximum absolute atomic E-state index is 2.70. The van der Waals surface area contributed by atoms with Crippen LogP contribution in [-0.4, -0.2) is 11.4 Å². The summed E-state index contributed by atoms with van der Waals surface area (Å²) in [5, 5.41) is 6.51. The lowest BCUT2D eigenvalue weighted by molar-refractivity contribution is 0.590. The van der Waals surface area contributed by atoms with Crippen molar-refractivity contribution >= 4 is 61.6 Å². The Morgan fingerprint density at radius 3 is 2.10 bits per heavy atom. The zero-order valence-corrected chi connectivity index (χ0v) is 29.2. The Balaban J connectivity index is 1.35. The van der Waals surface area contributed by atoms with E-state index in [9.17, 15) is 0 Å². The van der Waals surface area contributed by atoms with Crippen LogP contribution in [0.3, 0.4) is 0 Å². The topological polar surface area (TPSA) is 8.17 Å². The summed E-state index contributed by atoms with van der Waals surface area (Å²) in [6, 6.07) is 50.8. The van der Waals surface area contributed by atoms with Crippen LogP contribution in [0.15, 0.2) is 133 Å². The van der Waals surface area contributed by atoms with Gasteiger partial charge in [0.2, 0.25) is 0 Å². The number of nitrogens with zero attached hydrogens (tertiary/aromatic N) is 2. The Morgan fingerprint density at radius 1 is 0.600 bits per heavy atom. The van der Waals surface area contributed by atoms with E-state index in [2.05, 4.69) is 177 Å². The van der Waals surface area contributed by atoms with Crippen molar-refractivity contribution in [2.75, 3.05) is 4.81 Å². The molecule has 11 rings (SSSR count). The lowest BCUT2D eigenvalue weighted by Gasteiger charge is -2.43. The summed E-state index contributed by atoms with van der Waals surface area (Å²) in [5.74, 6) is 0. The first-order chi connectivity index (χ1) is 24.2. The first kappa shape index (κ1) is 28.3. The second-order valence-corrected chi connectivity index (χ2v) is 16.1. The van der Waals surface area contributed by atoms with Crippen LogP contribution in [0.1, 0.15) is 51.4 Å². The summed E-state index contributed by atoms with van der Waals surface area (Å²) in [6.07, 6.45) is 0. The van der Waals surface area contributed by atoms with Gasteiger partial charge in [0.15, 0.2) is 0 Å². The average Bonchev–Trinajstić information content (AvgIpc) is 3.60. The normalized spacial score (nSPS) is 15.0. The van der Waals surface area contributed by atoms with Gasteiger partial charge in [0, 0.05) is 44.4 Å². The van der Waals surface area contributed by atoms with Crippen LogP contribution in [0.5, 0.6) is 0 Å². The van der Waals surface area contributed by atoms with E-state index in [-0.39, 0.29) is 17.7 Å². The molecule has 0 bridgehead atoms. The molecule has 3 aliphatic rings. The molecule has 8 aromatic rings. The highest BCUT2D eigenvalue weighted by atomic mass is 15.1. The molecule has 238 valence electrons. The lowest BCUT2D eigenvalue weighted by Crippen LogP contribution is -2.61. The van der Waals surface area contributed by atoms with E-state index in [0.29, 0.717) is 0 Å². The molecule has 2 nitrogen and oxygen atoms in total. The maximum Gasteiger partial charge on any atom is 0.333 e. The fourth-order valence-electron chi connectivity index (χ4n) is 9.83. The van der Waals surface area contributed by atoms with E-state index in [4.69, 9.17) is 0 Å². The molecule has 0 atom stereocenters. The monoisotopic (exact) mass is 640 g/mol. The molecule has 3 heterocycles. The van der Waals surface area contributed by atoms with Gasteiger partial charge >= 0.3 is 6.85 Å². The van der Waals surface area contributed by atoms with E-state index >= 15 is 0 Å². The number of rotatable bonds is 1. The molecule has 1 aliphatic carbocycles. The largest absolute Gasteiger partial charge is 0.376 e. The van der Waals surface area contributed by atoms with E-state index < -0.39 is 0 Å². The molecule has 1 aromatic heterocycles. The molecule has 0 amide bonds. The molecule has 0 fully saturated rings. The third-order valence-corrected chi connectivity index (χ3v) is 12.0. The van der Waals surface area contributed by atoms with Gasteiger partial charge in [-0.2, -0.15) is 0 Å². The second kappa shape index (κ2) is 9.37. The zero-order chi connectivity index (χ0) is 33.7. The molecule has 0 unspecified atom stereocenters. The number of anilines is 2. The molecule has 0 saturated heterocycles. The van der Waals surface area contributed by atoms with Crippen LogP contribution < -0.4 is 15.7 Å². The first-order valence-electron chi connectivity index (χ1n) is 18.0. The minimum absolute atomic E-state index is 0.00309. The van der Waals surface area contributed by atoms with Gasteiger partial charge in [0.1, 0.15) is 0 Å². The third kappa shape index (κ3) is 3.40. The summed E-state index contributed by atoms with van der Waals surface area (Å²) in [4.78, 5) is 2.66. The van der Waals surface area contributed by atoms with Gasteiger partial charge < -0.3 is 9.38 Å². The Morgan fingerprint density at radius 2 is 1.30 bits per heavy atom. The van der Waals surface area contributed by atoms with Crippen molar-refractivity contribution in [1.29, 1.82) is 0 Å². The molecule has 0 radical (unpaired) electrons. The highest BCUT2D eigenvalue weighted by molar-refractivity contribution is 6.94. The molecule has 2 aliphatic heterocycles. The average molecular weight is 641 g/mol. The number of hydrogen-bond acceptors (Lipinski definition) is 1. The fraction of sp³-hybridized carbons (Fsp3) is 0.149. The van der Waals surface area contributed by atoms with Gasteiger partial charge in [-0.1, -0.05) is 144 Å². The maximum atomic E-state index is 2.70. The number of para-hydroxylation sites is 1. The summed E-state index contributed by atoms with van der Waals surface area (Å²) < 4.78 is 2.70. The standard InChI is InChI=1S/C47H37BN2/c1-46(2,3)30-22-24-31(25-23-30)50-39-26-21-28-13-6-8-15-32(28)40(39)36-27-29-14-7-9-16-33(29)44-42(36)48(50)38-20-12-18-35-41-34-17-10-11-19-37(34)47(4,5)45(41)49(44)43(35)38/h6-27H,1-5H3. The van der Waals surface area contributed by atoms with Crippen LogP contribution in [0, 0.1) is 0 Å². The van der Waals surface area contributed by atoms with Gasteiger partial charge in [-0.25, -0.2) is 0 Å². The minimum atomic E-state index is -0.166. The summed E-state index contributed by atoms with van der Waals surface area (Å²) >= 11 is 0. The van der Waals surface area contributed by atoms with Crippen molar-refractivity contribution in [2.24, 2.45) is 0 Å². The summed E-state index contributed by atoms with van der Waals surface area (Å²) in [7, 11) is 0. The van der Waals surface area contributed by atoms with Gasteiger partial charge in [0.25, 0.3) is 0 Å². The molecule has 0 saturated carbocycles. The van der Waals surface area contributed by atoms with E-state index in [1.54, 1.807) is 0 Å². The van der Waals surface area contributed by atoms with Crippen LogP contribution in [-0.2, 0) is 10.8 Å². The molecule has 3 heteroatoms. The van der Waals surface area contributed by atoms with Gasteiger partial charge in [-0.05, 0) is 79.0 Å². The molecular formula is C47H37BN2. The van der Waals surface area contributed by atoms with Crippen LogP contribution in [0.2, 0.25) is 0 Å². The number of hydrogen-bond donors (Lipinski definition) is 0. The SMILES string of the molecule is CC(C)(C)c1ccc(N2B3c4c(cc5ccccc5c4-n4c5c(c6cccc3c64)-c3ccccc3C5(C)C)-c3c2ccc2ccccc32)cc1. The molecule has 50 heavy (non-hydrogen) atoms. The van der Waals surface area contributed by atoms with Crippen molar-refractivity contribution < 1.29 is 0 Å². The number of benzene rings is 7. The highest BCUT2D eigenvalue weighted by Crippen LogP contribution is 2.55. The number of fused-ring (bicyclic) bond motifs is 13. The zero-order valence-electron chi connectivity index (χ0n) is 29.2. The van der Waals surface area contributed by atoms with Crippen LogP contribution in [0.25, 0.3) is 60.4 Å². The smallest absolute Gasteiger partial charge is 0.333 e. The summed E-state index contributed by atoms with van der Waals surface area (Å²) in [6.45, 7) is 11.8. The van der Waals surface area contributed by atoms with Crippen molar-refractivity contribution in [1.82, 2.24) is 4.57 Å². The number of aromatic nitrogens is 1. The second-order valence-electron chi connectivity index (χ2n) is 16.1. The Hall–Kier alpha value is -5.54. The predicted molar refractivity (Wildman–Crippen MR) is 214 cm³/mol. The first-order valence-corrected chi connectivity index (χ1v) is 18.0. The van der Waals surface area contributed by atoms with E-state index in [1.165, 1.54) is 99.5 Å². The van der Waals surface area contributed by atoms with Crippen LogP contribution in [0.4, 0.5) is 11.4 Å². The fourth-order valence-corrected chi connectivity index (χ4v) is 9.83. The highest BCUT2D eigenvalue weighted by Gasteiger charge is 2.48. The minimum Gasteiger partial charge on any atom is -0.376 e. The van der Waals surface area contributed by atoms with Gasteiger partial charge in [-0.15, -0.1) is 0 Å². The summed E-state index contributed by atoms with van der Waals surface area (Å²) in [5.41, 5.74) is 17.4. The Kier molecular flexibility index (Phi) is 5.31. The van der Waals surface area contributed by atoms with E-state index in [1.807, 2.05) is 0 Å².